The van der Waals surface area contributed by atoms with Gasteiger partial charge >= 0.3 is 0 Å². The molecule has 1 atom stereocenters. The maximum atomic E-state index is 9.83. The molecular weight excluding hydrogens is 188 g/mol. The first-order chi connectivity index (χ1) is 7.36. The molecule has 1 aromatic heterocycles. The van der Waals surface area contributed by atoms with Gasteiger partial charge in [-0.05, 0) is 25.7 Å². The third-order valence-corrected chi connectivity index (χ3v) is 3.85. The fraction of sp³-hybridized carbons (Fsp3) is 0.750. The summed E-state index contributed by atoms with van der Waals surface area (Å²) in [5.41, 5.74) is 1.38. The van der Waals surface area contributed by atoms with Crippen LogP contribution in [0, 0.1) is 0 Å². The predicted molar refractivity (Wildman–Crippen MR) is 57.6 cm³/mol. The van der Waals surface area contributed by atoms with Crippen LogP contribution in [0.5, 0.6) is 0 Å². The van der Waals surface area contributed by atoms with Crippen molar-refractivity contribution in [3.63, 3.8) is 0 Å². The minimum Gasteiger partial charge on any atom is -0.385 e. The highest BCUT2D eigenvalue weighted by molar-refractivity contribution is 5.15. The molecule has 0 amide bonds. The maximum absolute atomic E-state index is 9.83. The Bertz CT molecular complexity index is 353. The highest BCUT2D eigenvalue weighted by atomic mass is 16.3. The van der Waals surface area contributed by atoms with Crippen LogP contribution in [0.1, 0.15) is 62.1 Å². The molecule has 1 aliphatic heterocycles. The Balaban J connectivity index is 1.95. The van der Waals surface area contributed by atoms with E-state index in [-0.39, 0.29) is 6.10 Å². The molecule has 82 valence electrons. The summed E-state index contributed by atoms with van der Waals surface area (Å²) in [6, 6.07) is 0. The van der Waals surface area contributed by atoms with Crippen LogP contribution in [0.2, 0.25) is 0 Å². The molecule has 1 aromatic rings. The van der Waals surface area contributed by atoms with E-state index in [0.29, 0.717) is 5.92 Å². The first-order valence-electron chi connectivity index (χ1n) is 6.09. The molecule has 3 nitrogen and oxygen atoms in total. The minimum absolute atomic E-state index is 0.325. The molecule has 3 rings (SSSR count). The lowest BCUT2D eigenvalue weighted by Crippen LogP contribution is -2.18. The molecule has 2 heterocycles. The lowest BCUT2D eigenvalue weighted by atomic mass is 10.0. The van der Waals surface area contributed by atoms with Gasteiger partial charge in [-0.15, -0.1) is 0 Å². The Morgan fingerprint density at radius 2 is 2.00 bits per heavy atom. The van der Waals surface area contributed by atoms with Crippen molar-refractivity contribution in [3.8, 4) is 0 Å². The average molecular weight is 206 g/mol. The smallest absolute Gasteiger partial charge is 0.137 e. The molecule has 0 spiro atoms. The summed E-state index contributed by atoms with van der Waals surface area (Å²) in [6.45, 7) is 1.05. The number of aliphatic hydroxyl groups is 1. The third-order valence-electron chi connectivity index (χ3n) is 3.85. The highest BCUT2D eigenvalue weighted by Gasteiger charge is 2.26. The number of nitrogens with zero attached hydrogens (tertiary/aromatic N) is 2. The van der Waals surface area contributed by atoms with E-state index in [1.807, 2.05) is 6.20 Å². The van der Waals surface area contributed by atoms with Crippen LogP contribution in [-0.4, -0.2) is 14.7 Å². The first kappa shape index (κ1) is 9.40. The Labute approximate surface area is 90.1 Å². The van der Waals surface area contributed by atoms with Gasteiger partial charge in [0.05, 0.1) is 0 Å². The van der Waals surface area contributed by atoms with Crippen LogP contribution in [-0.2, 0) is 6.54 Å². The Hall–Kier alpha value is -0.830. The lowest BCUT2D eigenvalue weighted by molar-refractivity contribution is 0.132. The van der Waals surface area contributed by atoms with Gasteiger partial charge in [0.2, 0.25) is 0 Å². The van der Waals surface area contributed by atoms with Crippen molar-refractivity contribution in [2.75, 3.05) is 0 Å². The number of rotatable bonds is 1. The van der Waals surface area contributed by atoms with Crippen LogP contribution in [0.4, 0.5) is 0 Å². The number of hydrogen-bond acceptors (Lipinski definition) is 2. The Kier molecular flexibility index (Phi) is 2.28. The molecule has 3 heteroatoms. The van der Waals surface area contributed by atoms with Gasteiger partial charge in [0, 0.05) is 24.4 Å². The minimum atomic E-state index is -0.325. The molecule has 1 fully saturated rings. The second-order valence-corrected chi connectivity index (χ2v) is 4.83. The van der Waals surface area contributed by atoms with Crippen LogP contribution < -0.4 is 0 Å². The zero-order valence-electron chi connectivity index (χ0n) is 9.02. The van der Waals surface area contributed by atoms with E-state index in [0.717, 1.165) is 25.2 Å². The standard InChI is InChI=1S/C12H18N2O/c15-11-6-3-7-14-10(8-13-12(11)14)9-4-1-2-5-9/h8-9,11,15H,1-7H2. The molecule has 0 bridgehead atoms. The molecule has 15 heavy (non-hydrogen) atoms. The molecule has 0 radical (unpaired) electrons. The summed E-state index contributed by atoms with van der Waals surface area (Å²) < 4.78 is 2.27. The number of fused-ring (bicyclic) bond motifs is 1. The van der Waals surface area contributed by atoms with Gasteiger partial charge in [0.1, 0.15) is 11.9 Å². The normalized spacial score (nSPS) is 26.9. The van der Waals surface area contributed by atoms with Gasteiger partial charge in [-0.1, -0.05) is 12.8 Å². The summed E-state index contributed by atoms with van der Waals surface area (Å²) in [4.78, 5) is 4.40. The predicted octanol–water partition coefficient (Wildman–Crippen LogP) is 2.37. The van der Waals surface area contributed by atoms with Crippen molar-refractivity contribution < 1.29 is 5.11 Å². The molecule has 1 N–H and O–H groups in total. The number of hydrogen-bond donors (Lipinski definition) is 1. The van der Waals surface area contributed by atoms with E-state index in [4.69, 9.17) is 0 Å². The molecule has 1 saturated carbocycles. The van der Waals surface area contributed by atoms with Gasteiger partial charge in [0.25, 0.3) is 0 Å². The number of aromatic nitrogens is 2. The van der Waals surface area contributed by atoms with Crippen molar-refractivity contribution in [1.29, 1.82) is 0 Å². The fourth-order valence-corrected chi connectivity index (χ4v) is 3.03. The summed E-state index contributed by atoms with van der Waals surface area (Å²) in [7, 11) is 0. The van der Waals surface area contributed by atoms with Gasteiger partial charge in [0.15, 0.2) is 0 Å². The second kappa shape index (κ2) is 3.63. The second-order valence-electron chi connectivity index (χ2n) is 4.83. The Morgan fingerprint density at radius 1 is 1.20 bits per heavy atom. The summed E-state index contributed by atoms with van der Waals surface area (Å²) >= 11 is 0. The summed E-state index contributed by atoms with van der Waals surface area (Å²) in [5, 5.41) is 9.83. The molecule has 2 aliphatic rings. The number of aliphatic hydroxyl groups excluding tert-OH is 1. The lowest BCUT2D eigenvalue weighted by Gasteiger charge is -2.22. The summed E-state index contributed by atoms with van der Waals surface area (Å²) in [5.74, 6) is 1.61. The Morgan fingerprint density at radius 3 is 2.80 bits per heavy atom. The van der Waals surface area contributed by atoms with Crippen molar-refractivity contribution in [3.05, 3.63) is 17.7 Å². The van der Waals surface area contributed by atoms with Crippen molar-refractivity contribution in [2.45, 2.75) is 57.1 Å². The molecule has 0 aromatic carbocycles. The SMILES string of the molecule is OC1CCCn2c(C3CCCC3)cnc21. The van der Waals surface area contributed by atoms with E-state index in [2.05, 4.69) is 9.55 Å². The van der Waals surface area contributed by atoms with Crippen LogP contribution in [0.25, 0.3) is 0 Å². The van der Waals surface area contributed by atoms with Crippen molar-refractivity contribution in [2.24, 2.45) is 0 Å². The zero-order chi connectivity index (χ0) is 10.3. The van der Waals surface area contributed by atoms with E-state index in [9.17, 15) is 5.11 Å². The van der Waals surface area contributed by atoms with Crippen LogP contribution in [0.3, 0.4) is 0 Å². The fourth-order valence-electron chi connectivity index (χ4n) is 3.03. The van der Waals surface area contributed by atoms with E-state index in [1.165, 1.54) is 31.4 Å². The monoisotopic (exact) mass is 206 g/mol. The molecule has 1 aliphatic carbocycles. The van der Waals surface area contributed by atoms with Crippen molar-refractivity contribution >= 4 is 0 Å². The zero-order valence-corrected chi connectivity index (χ0v) is 9.02. The van der Waals surface area contributed by atoms with E-state index < -0.39 is 0 Å². The summed E-state index contributed by atoms with van der Waals surface area (Å²) in [6.07, 6.45) is 8.96. The number of imidazole rings is 1. The van der Waals surface area contributed by atoms with Crippen molar-refractivity contribution in [1.82, 2.24) is 9.55 Å². The quantitative estimate of drug-likeness (QED) is 0.766. The van der Waals surface area contributed by atoms with Crippen LogP contribution >= 0.6 is 0 Å². The molecular formula is C12H18N2O. The van der Waals surface area contributed by atoms with Gasteiger partial charge in [-0.25, -0.2) is 4.98 Å². The van der Waals surface area contributed by atoms with E-state index in [1.54, 1.807) is 0 Å². The molecule has 1 unspecified atom stereocenters. The molecule has 0 saturated heterocycles. The maximum Gasteiger partial charge on any atom is 0.137 e. The topological polar surface area (TPSA) is 38.0 Å². The van der Waals surface area contributed by atoms with Crippen LogP contribution in [0.15, 0.2) is 6.20 Å². The third kappa shape index (κ3) is 1.49. The average Bonchev–Trinajstić information content (AvgIpc) is 2.85. The highest BCUT2D eigenvalue weighted by Crippen LogP contribution is 2.36. The van der Waals surface area contributed by atoms with E-state index >= 15 is 0 Å². The largest absolute Gasteiger partial charge is 0.385 e. The van der Waals surface area contributed by atoms with Gasteiger partial charge < -0.3 is 9.67 Å². The van der Waals surface area contributed by atoms with Gasteiger partial charge in [-0.2, -0.15) is 0 Å². The van der Waals surface area contributed by atoms with Gasteiger partial charge in [-0.3, -0.25) is 0 Å². The first-order valence-corrected chi connectivity index (χ1v) is 6.09.